The third-order valence-electron chi connectivity index (χ3n) is 3.48. The number of sulfonamides is 1. The molecule has 1 aliphatic rings. The van der Waals surface area contributed by atoms with Crippen molar-refractivity contribution in [3.63, 3.8) is 0 Å². The molecule has 0 aromatic heterocycles. The fourth-order valence-electron chi connectivity index (χ4n) is 2.39. The lowest BCUT2D eigenvalue weighted by Gasteiger charge is -2.23. The first-order valence-corrected chi connectivity index (χ1v) is 8.45. The predicted octanol–water partition coefficient (Wildman–Crippen LogP) is 3.97. The monoisotopic (exact) mass is 341 g/mol. The van der Waals surface area contributed by atoms with Gasteiger partial charge in [-0.2, -0.15) is 13.2 Å². The number of nitrogens with one attached hydrogen (secondary N) is 1. The first-order chi connectivity index (χ1) is 9.70. The number of alkyl halides is 3. The topological polar surface area (TPSA) is 46.2 Å². The highest BCUT2D eigenvalue weighted by atomic mass is 35.5. The second-order valence-corrected chi connectivity index (χ2v) is 7.19. The van der Waals surface area contributed by atoms with Crippen molar-refractivity contribution in [3.8, 4) is 0 Å². The molecule has 1 aromatic rings. The number of hydrogen-bond acceptors (Lipinski definition) is 2. The van der Waals surface area contributed by atoms with Crippen LogP contribution in [-0.2, 0) is 16.2 Å². The molecule has 1 aromatic carbocycles. The Kier molecular flexibility index (Phi) is 4.85. The van der Waals surface area contributed by atoms with Gasteiger partial charge in [-0.05, 0) is 31.0 Å². The van der Waals surface area contributed by atoms with Gasteiger partial charge < -0.3 is 0 Å². The maximum Gasteiger partial charge on any atom is 0.416 e. The minimum absolute atomic E-state index is 0.216. The van der Waals surface area contributed by atoms with E-state index in [9.17, 15) is 21.6 Å². The summed E-state index contributed by atoms with van der Waals surface area (Å²) in [6, 6.07) is 2.06. The van der Waals surface area contributed by atoms with Crippen LogP contribution in [0.15, 0.2) is 23.1 Å². The van der Waals surface area contributed by atoms with Crippen LogP contribution in [0.25, 0.3) is 0 Å². The van der Waals surface area contributed by atoms with Crippen LogP contribution in [0.3, 0.4) is 0 Å². The Labute approximate surface area is 126 Å². The van der Waals surface area contributed by atoms with Crippen molar-refractivity contribution in [2.45, 2.75) is 49.2 Å². The van der Waals surface area contributed by atoms with Crippen LogP contribution in [-0.4, -0.2) is 14.5 Å². The van der Waals surface area contributed by atoms with E-state index in [1.165, 1.54) is 0 Å². The summed E-state index contributed by atoms with van der Waals surface area (Å²) in [5, 5.41) is -0.216. The SMILES string of the molecule is O=S(=O)(NC1CCCCC1)c1cc(C(F)(F)F)ccc1Cl. The van der Waals surface area contributed by atoms with Crippen LogP contribution in [0.4, 0.5) is 13.2 Å². The lowest BCUT2D eigenvalue weighted by atomic mass is 9.96. The van der Waals surface area contributed by atoms with E-state index in [2.05, 4.69) is 4.72 Å². The summed E-state index contributed by atoms with van der Waals surface area (Å²) in [6.45, 7) is 0. The Hall–Kier alpha value is -0.790. The van der Waals surface area contributed by atoms with Crippen LogP contribution in [0.5, 0.6) is 0 Å². The van der Waals surface area contributed by atoms with E-state index in [1.54, 1.807) is 0 Å². The second kappa shape index (κ2) is 6.14. The summed E-state index contributed by atoms with van der Waals surface area (Å²) < 4.78 is 65.0. The molecule has 0 unspecified atom stereocenters. The molecule has 8 heteroatoms. The molecule has 0 spiro atoms. The Morgan fingerprint density at radius 2 is 1.76 bits per heavy atom. The molecule has 0 amide bonds. The molecule has 0 bridgehead atoms. The Morgan fingerprint density at radius 1 is 1.14 bits per heavy atom. The van der Waals surface area contributed by atoms with E-state index in [4.69, 9.17) is 11.6 Å². The summed E-state index contributed by atoms with van der Waals surface area (Å²) in [5.41, 5.74) is -1.03. The number of hydrogen-bond donors (Lipinski definition) is 1. The van der Waals surface area contributed by atoms with Crippen LogP contribution in [0.1, 0.15) is 37.7 Å². The lowest BCUT2D eigenvalue weighted by Crippen LogP contribution is -2.36. The third kappa shape index (κ3) is 4.11. The number of rotatable bonds is 3. The van der Waals surface area contributed by atoms with Crippen molar-refractivity contribution in [1.29, 1.82) is 0 Å². The van der Waals surface area contributed by atoms with Crippen molar-refractivity contribution in [2.75, 3.05) is 0 Å². The van der Waals surface area contributed by atoms with Crippen LogP contribution in [0, 0.1) is 0 Å². The molecule has 1 saturated carbocycles. The Bertz CT molecular complexity index is 610. The third-order valence-corrected chi connectivity index (χ3v) is 5.48. The highest BCUT2D eigenvalue weighted by Crippen LogP contribution is 2.33. The smallest absolute Gasteiger partial charge is 0.208 e. The molecule has 21 heavy (non-hydrogen) atoms. The zero-order chi connectivity index (χ0) is 15.7. The fraction of sp³-hybridized carbons (Fsp3) is 0.538. The van der Waals surface area contributed by atoms with E-state index in [-0.39, 0.29) is 11.1 Å². The van der Waals surface area contributed by atoms with E-state index < -0.39 is 26.7 Å². The molecule has 0 heterocycles. The molecule has 3 nitrogen and oxygen atoms in total. The van der Waals surface area contributed by atoms with Crippen molar-refractivity contribution >= 4 is 21.6 Å². The molecule has 0 saturated heterocycles. The van der Waals surface area contributed by atoms with Gasteiger partial charge in [-0.25, -0.2) is 13.1 Å². The Balaban J connectivity index is 2.30. The molecule has 2 rings (SSSR count). The Morgan fingerprint density at radius 3 is 2.33 bits per heavy atom. The number of halogens is 4. The summed E-state index contributed by atoms with van der Waals surface area (Å²) >= 11 is 5.76. The maximum absolute atomic E-state index is 12.7. The first-order valence-electron chi connectivity index (χ1n) is 6.59. The van der Waals surface area contributed by atoms with Gasteiger partial charge >= 0.3 is 6.18 Å². The highest BCUT2D eigenvalue weighted by molar-refractivity contribution is 7.89. The zero-order valence-electron chi connectivity index (χ0n) is 11.1. The largest absolute Gasteiger partial charge is 0.416 e. The van der Waals surface area contributed by atoms with E-state index in [0.717, 1.165) is 31.4 Å². The van der Waals surface area contributed by atoms with E-state index in [0.29, 0.717) is 18.9 Å². The summed E-state index contributed by atoms with van der Waals surface area (Å²) in [7, 11) is -4.06. The van der Waals surface area contributed by atoms with Gasteiger partial charge in [0.2, 0.25) is 10.0 Å². The van der Waals surface area contributed by atoms with Gasteiger partial charge in [-0.3, -0.25) is 0 Å². The van der Waals surface area contributed by atoms with Crippen molar-refractivity contribution in [3.05, 3.63) is 28.8 Å². The van der Waals surface area contributed by atoms with Gasteiger partial charge in [0, 0.05) is 6.04 Å². The molecule has 1 fully saturated rings. The maximum atomic E-state index is 12.7. The van der Waals surface area contributed by atoms with Gasteiger partial charge in [0.1, 0.15) is 4.90 Å². The minimum atomic E-state index is -4.61. The fourth-order valence-corrected chi connectivity index (χ4v) is 4.22. The van der Waals surface area contributed by atoms with Gasteiger partial charge in [-0.15, -0.1) is 0 Å². The zero-order valence-corrected chi connectivity index (χ0v) is 12.7. The van der Waals surface area contributed by atoms with Crippen LogP contribution < -0.4 is 4.72 Å². The van der Waals surface area contributed by atoms with E-state index >= 15 is 0 Å². The summed E-state index contributed by atoms with van der Waals surface area (Å²) in [5.74, 6) is 0. The normalized spacial score (nSPS) is 17.9. The average molecular weight is 342 g/mol. The lowest BCUT2D eigenvalue weighted by molar-refractivity contribution is -0.137. The van der Waals surface area contributed by atoms with Gasteiger partial charge in [0.25, 0.3) is 0 Å². The molecule has 0 radical (unpaired) electrons. The molecule has 0 atom stereocenters. The van der Waals surface area contributed by atoms with Gasteiger partial charge in [0.05, 0.1) is 10.6 Å². The van der Waals surface area contributed by atoms with Crippen LogP contribution >= 0.6 is 11.6 Å². The standard InChI is InChI=1S/C13H15ClF3NO2S/c14-11-7-6-9(13(15,16)17)8-12(11)21(19,20)18-10-4-2-1-3-5-10/h6-8,10,18H,1-5H2. The average Bonchev–Trinajstić information content (AvgIpc) is 2.38. The van der Waals surface area contributed by atoms with Crippen molar-refractivity contribution in [1.82, 2.24) is 4.72 Å². The molecular formula is C13H15ClF3NO2S. The van der Waals surface area contributed by atoms with Crippen molar-refractivity contribution < 1.29 is 21.6 Å². The predicted molar refractivity (Wildman–Crippen MR) is 73.6 cm³/mol. The van der Waals surface area contributed by atoms with Gasteiger partial charge in [-0.1, -0.05) is 30.9 Å². The summed E-state index contributed by atoms with van der Waals surface area (Å²) in [6.07, 6.45) is -0.374. The minimum Gasteiger partial charge on any atom is -0.208 e. The number of benzene rings is 1. The second-order valence-electron chi connectivity index (χ2n) is 5.10. The van der Waals surface area contributed by atoms with E-state index in [1.807, 2.05) is 0 Å². The molecule has 0 aliphatic heterocycles. The summed E-state index contributed by atoms with van der Waals surface area (Å²) in [4.78, 5) is -0.524. The van der Waals surface area contributed by atoms with Crippen molar-refractivity contribution in [2.24, 2.45) is 0 Å². The molecular weight excluding hydrogens is 327 g/mol. The quantitative estimate of drug-likeness (QED) is 0.904. The molecule has 1 aliphatic carbocycles. The molecule has 118 valence electrons. The first kappa shape index (κ1) is 16.6. The van der Waals surface area contributed by atoms with Gasteiger partial charge in [0.15, 0.2) is 0 Å². The van der Waals surface area contributed by atoms with Crippen LogP contribution in [0.2, 0.25) is 5.02 Å². The molecule has 1 N–H and O–H groups in total. The highest BCUT2D eigenvalue weighted by Gasteiger charge is 2.33.